The quantitative estimate of drug-likeness (QED) is 0.593. The minimum atomic E-state index is 0.449. The van der Waals surface area contributed by atoms with Gasteiger partial charge >= 0.3 is 0 Å². The summed E-state index contributed by atoms with van der Waals surface area (Å²) >= 11 is 0. The number of ether oxygens (including phenoxy) is 1. The summed E-state index contributed by atoms with van der Waals surface area (Å²) in [7, 11) is 0. The zero-order valence-corrected chi connectivity index (χ0v) is 19.4. The molecule has 2 saturated heterocycles. The van der Waals surface area contributed by atoms with E-state index in [-0.39, 0.29) is 0 Å². The molecule has 3 aromatic rings. The van der Waals surface area contributed by atoms with Crippen molar-refractivity contribution in [3.8, 4) is 11.4 Å². The Morgan fingerprint density at radius 1 is 0.758 bits per heavy atom. The van der Waals surface area contributed by atoms with Gasteiger partial charge in [-0.1, -0.05) is 38.1 Å². The smallest absolute Gasteiger partial charge is 0.230 e. The summed E-state index contributed by atoms with van der Waals surface area (Å²) in [6, 6.07) is 14.6. The van der Waals surface area contributed by atoms with Crippen LogP contribution in [0.3, 0.4) is 0 Å². The van der Waals surface area contributed by atoms with E-state index >= 15 is 0 Å². The summed E-state index contributed by atoms with van der Waals surface area (Å²) in [5.74, 6) is 3.69. The Balaban J connectivity index is 1.44. The zero-order chi connectivity index (χ0) is 22.6. The highest BCUT2D eigenvalue weighted by Gasteiger charge is 2.23. The SMILES string of the molecule is CC(C)c1cccc(-c2nc(N3CCOCC3)nc(N3CCN(c4ccccn4)CC3)n2)c1. The number of morpholine rings is 1. The molecule has 8 heteroatoms. The standard InChI is InChI=1S/C25H31N7O/c1-19(2)20-6-5-7-21(18-20)23-27-24(29-25(28-23)32-14-16-33-17-15-32)31-12-10-30(11-13-31)22-8-3-4-9-26-22/h3-9,18-19H,10-17H2,1-2H3. The summed E-state index contributed by atoms with van der Waals surface area (Å²) in [5.41, 5.74) is 2.32. The Bertz CT molecular complexity index is 1060. The minimum absolute atomic E-state index is 0.449. The van der Waals surface area contributed by atoms with Gasteiger partial charge in [-0.25, -0.2) is 4.98 Å². The van der Waals surface area contributed by atoms with Crippen LogP contribution >= 0.6 is 0 Å². The largest absolute Gasteiger partial charge is 0.378 e. The summed E-state index contributed by atoms with van der Waals surface area (Å²) in [6.07, 6.45) is 1.85. The topological polar surface area (TPSA) is 70.5 Å². The number of hydrogen-bond donors (Lipinski definition) is 0. The van der Waals surface area contributed by atoms with E-state index in [1.807, 2.05) is 18.3 Å². The third-order valence-electron chi connectivity index (χ3n) is 6.25. The average Bonchev–Trinajstić information content (AvgIpc) is 2.89. The molecule has 0 amide bonds. The minimum Gasteiger partial charge on any atom is -0.378 e. The van der Waals surface area contributed by atoms with Crippen LogP contribution in [0.5, 0.6) is 0 Å². The van der Waals surface area contributed by atoms with Crippen LogP contribution in [0.2, 0.25) is 0 Å². The number of anilines is 3. The third kappa shape index (κ3) is 4.90. The molecule has 172 valence electrons. The lowest BCUT2D eigenvalue weighted by molar-refractivity contribution is 0.122. The molecule has 0 spiro atoms. The van der Waals surface area contributed by atoms with Crippen LogP contribution in [-0.2, 0) is 4.74 Å². The molecule has 5 rings (SSSR count). The van der Waals surface area contributed by atoms with Crippen molar-refractivity contribution in [3.63, 3.8) is 0 Å². The number of piperazine rings is 1. The van der Waals surface area contributed by atoms with Crippen LogP contribution in [0.25, 0.3) is 11.4 Å². The van der Waals surface area contributed by atoms with Crippen molar-refractivity contribution < 1.29 is 4.74 Å². The van der Waals surface area contributed by atoms with Gasteiger partial charge in [0.1, 0.15) is 5.82 Å². The van der Waals surface area contributed by atoms with E-state index in [1.54, 1.807) is 0 Å². The van der Waals surface area contributed by atoms with Gasteiger partial charge in [-0.2, -0.15) is 15.0 Å². The molecule has 1 aromatic carbocycles. The normalized spacial score (nSPS) is 17.0. The van der Waals surface area contributed by atoms with Gasteiger partial charge in [0.25, 0.3) is 0 Å². The van der Waals surface area contributed by atoms with Gasteiger partial charge < -0.3 is 19.4 Å². The molecule has 4 heterocycles. The van der Waals surface area contributed by atoms with Crippen molar-refractivity contribution in [2.24, 2.45) is 0 Å². The van der Waals surface area contributed by atoms with Gasteiger partial charge in [0, 0.05) is 51.0 Å². The van der Waals surface area contributed by atoms with Gasteiger partial charge in [-0.15, -0.1) is 0 Å². The first-order valence-electron chi connectivity index (χ1n) is 11.8. The van der Waals surface area contributed by atoms with E-state index in [0.29, 0.717) is 19.1 Å². The zero-order valence-electron chi connectivity index (χ0n) is 19.4. The van der Waals surface area contributed by atoms with Crippen molar-refractivity contribution >= 4 is 17.7 Å². The predicted octanol–water partition coefficient (Wildman–Crippen LogP) is 3.22. The second kappa shape index (κ2) is 9.70. The van der Waals surface area contributed by atoms with Crippen molar-refractivity contribution in [2.45, 2.75) is 19.8 Å². The van der Waals surface area contributed by atoms with Gasteiger partial charge in [0.15, 0.2) is 5.82 Å². The predicted molar refractivity (Wildman–Crippen MR) is 131 cm³/mol. The molecule has 0 saturated carbocycles. The highest BCUT2D eigenvalue weighted by Crippen LogP contribution is 2.26. The number of nitrogens with zero attached hydrogens (tertiary/aromatic N) is 7. The van der Waals surface area contributed by atoms with E-state index in [2.05, 4.69) is 63.9 Å². The van der Waals surface area contributed by atoms with Crippen LogP contribution in [0, 0.1) is 0 Å². The summed E-state index contributed by atoms with van der Waals surface area (Å²) in [6.45, 7) is 10.8. The van der Waals surface area contributed by atoms with E-state index in [9.17, 15) is 0 Å². The van der Waals surface area contributed by atoms with E-state index in [0.717, 1.165) is 68.4 Å². The van der Waals surface area contributed by atoms with Crippen LogP contribution in [0.1, 0.15) is 25.3 Å². The first kappa shape index (κ1) is 21.6. The summed E-state index contributed by atoms with van der Waals surface area (Å²) in [5, 5.41) is 0. The Morgan fingerprint density at radius 3 is 2.12 bits per heavy atom. The second-order valence-electron chi connectivity index (χ2n) is 8.80. The molecule has 0 radical (unpaired) electrons. The fourth-order valence-electron chi connectivity index (χ4n) is 4.24. The molecular weight excluding hydrogens is 414 g/mol. The number of aromatic nitrogens is 4. The summed E-state index contributed by atoms with van der Waals surface area (Å²) in [4.78, 5) is 26.0. The Labute approximate surface area is 195 Å². The molecule has 0 atom stereocenters. The molecular formula is C25H31N7O. The van der Waals surface area contributed by atoms with E-state index in [4.69, 9.17) is 19.7 Å². The highest BCUT2D eigenvalue weighted by atomic mass is 16.5. The number of hydrogen-bond acceptors (Lipinski definition) is 8. The molecule has 0 aliphatic carbocycles. The van der Waals surface area contributed by atoms with Crippen molar-refractivity contribution in [1.29, 1.82) is 0 Å². The maximum atomic E-state index is 5.54. The first-order valence-corrected chi connectivity index (χ1v) is 11.8. The molecule has 0 bridgehead atoms. The fourth-order valence-corrected chi connectivity index (χ4v) is 4.24. The lowest BCUT2D eigenvalue weighted by Gasteiger charge is -2.36. The van der Waals surface area contributed by atoms with Gasteiger partial charge in [0.05, 0.1) is 13.2 Å². The van der Waals surface area contributed by atoms with E-state index < -0.39 is 0 Å². The Kier molecular flexibility index (Phi) is 6.35. The fraction of sp³-hybridized carbons (Fsp3) is 0.440. The lowest BCUT2D eigenvalue weighted by atomic mass is 10.0. The van der Waals surface area contributed by atoms with Crippen LogP contribution in [-0.4, -0.2) is 72.4 Å². The van der Waals surface area contributed by atoms with E-state index in [1.165, 1.54) is 5.56 Å². The molecule has 2 aromatic heterocycles. The van der Waals surface area contributed by atoms with Gasteiger partial charge in [-0.05, 0) is 29.7 Å². The molecule has 2 aliphatic rings. The maximum absolute atomic E-state index is 5.54. The van der Waals surface area contributed by atoms with Crippen molar-refractivity contribution in [1.82, 2.24) is 19.9 Å². The number of benzene rings is 1. The average molecular weight is 446 g/mol. The lowest BCUT2D eigenvalue weighted by Crippen LogP contribution is -2.47. The molecule has 33 heavy (non-hydrogen) atoms. The first-order chi connectivity index (χ1) is 16.2. The highest BCUT2D eigenvalue weighted by molar-refractivity contribution is 5.60. The van der Waals surface area contributed by atoms with Gasteiger partial charge in [-0.3, -0.25) is 0 Å². The van der Waals surface area contributed by atoms with Gasteiger partial charge in [0.2, 0.25) is 11.9 Å². The maximum Gasteiger partial charge on any atom is 0.230 e. The van der Waals surface area contributed by atoms with Crippen LogP contribution in [0.15, 0.2) is 48.7 Å². The molecule has 0 unspecified atom stereocenters. The van der Waals surface area contributed by atoms with Crippen LogP contribution < -0.4 is 14.7 Å². The second-order valence-corrected chi connectivity index (χ2v) is 8.80. The molecule has 2 aliphatic heterocycles. The monoisotopic (exact) mass is 445 g/mol. The Hall–Kier alpha value is -3.26. The number of rotatable bonds is 5. The molecule has 8 nitrogen and oxygen atoms in total. The number of pyridine rings is 1. The Morgan fingerprint density at radius 2 is 1.45 bits per heavy atom. The van der Waals surface area contributed by atoms with Crippen LogP contribution in [0.4, 0.5) is 17.7 Å². The van der Waals surface area contributed by atoms with Crippen molar-refractivity contribution in [2.75, 3.05) is 67.2 Å². The molecule has 2 fully saturated rings. The summed E-state index contributed by atoms with van der Waals surface area (Å²) < 4.78 is 5.54. The van der Waals surface area contributed by atoms with Crippen molar-refractivity contribution in [3.05, 3.63) is 54.2 Å². The third-order valence-corrected chi connectivity index (χ3v) is 6.25. The molecule has 0 N–H and O–H groups in total.